The van der Waals surface area contributed by atoms with Crippen LogP contribution in [0.4, 0.5) is 4.79 Å². The van der Waals surface area contributed by atoms with Gasteiger partial charge >= 0.3 is 6.09 Å². The molecule has 0 aromatic rings. The standard InChI is InChI=1S/C13H22N2O2/c1-12(2,3)8-10(9-14)15(7)11(16)17-13(4,5)6/h8H,1-7H3/b10-8+. The summed E-state index contributed by atoms with van der Waals surface area (Å²) >= 11 is 0. The minimum absolute atomic E-state index is 0.165. The van der Waals surface area contributed by atoms with Crippen molar-refractivity contribution >= 4 is 6.09 Å². The van der Waals surface area contributed by atoms with Crippen molar-refractivity contribution in [2.75, 3.05) is 7.05 Å². The van der Waals surface area contributed by atoms with Crippen molar-refractivity contribution in [3.05, 3.63) is 11.8 Å². The fraction of sp³-hybridized carbons (Fsp3) is 0.692. The number of nitriles is 1. The zero-order chi connectivity index (χ0) is 13.9. The first-order valence-electron chi connectivity index (χ1n) is 5.56. The second kappa shape index (κ2) is 5.22. The van der Waals surface area contributed by atoms with Gasteiger partial charge in [0.15, 0.2) is 0 Å². The molecule has 0 aliphatic heterocycles. The van der Waals surface area contributed by atoms with Gasteiger partial charge in [0, 0.05) is 7.05 Å². The Morgan fingerprint density at radius 2 is 1.71 bits per heavy atom. The number of carbonyl (C=O) groups excluding carboxylic acids is 1. The van der Waals surface area contributed by atoms with Crippen molar-refractivity contribution in [3.8, 4) is 6.07 Å². The predicted octanol–water partition coefficient (Wildman–Crippen LogP) is 3.31. The average molecular weight is 238 g/mol. The third-order valence-corrected chi connectivity index (χ3v) is 1.71. The largest absolute Gasteiger partial charge is 0.443 e. The molecule has 0 bridgehead atoms. The van der Waals surface area contributed by atoms with Crippen LogP contribution in [-0.4, -0.2) is 23.6 Å². The van der Waals surface area contributed by atoms with E-state index in [9.17, 15) is 4.79 Å². The van der Waals surface area contributed by atoms with Gasteiger partial charge in [-0.05, 0) is 32.3 Å². The van der Waals surface area contributed by atoms with Crippen LogP contribution in [0.25, 0.3) is 0 Å². The maximum Gasteiger partial charge on any atom is 0.415 e. The van der Waals surface area contributed by atoms with E-state index >= 15 is 0 Å². The number of amides is 1. The van der Waals surface area contributed by atoms with Crippen LogP contribution in [0.3, 0.4) is 0 Å². The van der Waals surface area contributed by atoms with Gasteiger partial charge in [0.25, 0.3) is 0 Å². The lowest BCUT2D eigenvalue weighted by molar-refractivity contribution is 0.0359. The van der Waals surface area contributed by atoms with E-state index in [4.69, 9.17) is 10.00 Å². The zero-order valence-corrected chi connectivity index (χ0v) is 11.8. The van der Waals surface area contributed by atoms with Gasteiger partial charge in [-0.3, -0.25) is 4.90 Å². The second-order valence-electron chi connectivity index (χ2n) is 6.05. The molecule has 0 spiro atoms. The molecule has 0 N–H and O–H groups in total. The Kier molecular flexibility index (Phi) is 4.76. The molecule has 4 heteroatoms. The normalized spacial score (nSPS) is 12.9. The molecule has 0 aromatic heterocycles. The second-order valence-corrected chi connectivity index (χ2v) is 6.05. The predicted molar refractivity (Wildman–Crippen MR) is 67.1 cm³/mol. The SMILES string of the molecule is CN(C(=O)OC(C)(C)C)/C(C#N)=C/C(C)(C)C. The Labute approximate surface area is 104 Å². The minimum atomic E-state index is -0.562. The number of hydrogen-bond acceptors (Lipinski definition) is 3. The fourth-order valence-corrected chi connectivity index (χ4v) is 1.04. The van der Waals surface area contributed by atoms with Crippen molar-refractivity contribution in [1.29, 1.82) is 5.26 Å². The summed E-state index contributed by atoms with van der Waals surface area (Å²) in [6.07, 6.45) is 1.23. The number of rotatable bonds is 1. The van der Waals surface area contributed by atoms with E-state index in [2.05, 4.69) is 0 Å². The van der Waals surface area contributed by atoms with Crippen molar-refractivity contribution < 1.29 is 9.53 Å². The molecule has 0 aromatic carbocycles. The van der Waals surface area contributed by atoms with E-state index in [0.717, 1.165) is 0 Å². The molecule has 96 valence electrons. The van der Waals surface area contributed by atoms with Gasteiger partial charge in [-0.15, -0.1) is 0 Å². The summed E-state index contributed by atoms with van der Waals surface area (Å²) in [7, 11) is 1.54. The van der Waals surface area contributed by atoms with E-state index in [0.29, 0.717) is 5.70 Å². The van der Waals surface area contributed by atoms with Crippen LogP contribution in [0.15, 0.2) is 11.8 Å². The van der Waals surface area contributed by atoms with Gasteiger partial charge in [0.05, 0.1) is 0 Å². The number of hydrogen-bond donors (Lipinski definition) is 0. The first-order valence-corrected chi connectivity index (χ1v) is 5.56. The van der Waals surface area contributed by atoms with Crippen LogP contribution in [-0.2, 0) is 4.74 Å². The van der Waals surface area contributed by atoms with Crippen molar-refractivity contribution in [3.63, 3.8) is 0 Å². The van der Waals surface area contributed by atoms with Crippen molar-refractivity contribution in [1.82, 2.24) is 4.90 Å². The molecule has 0 aliphatic rings. The van der Waals surface area contributed by atoms with Gasteiger partial charge in [-0.1, -0.05) is 20.8 Å². The molecule has 0 aliphatic carbocycles. The van der Waals surface area contributed by atoms with Gasteiger partial charge in [0.1, 0.15) is 17.4 Å². The van der Waals surface area contributed by atoms with E-state index in [1.807, 2.05) is 26.8 Å². The Balaban J connectivity index is 4.92. The summed E-state index contributed by atoms with van der Waals surface area (Å²) in [5.41, 5.74) is -0.429. The molecule has 0 fully saturated rings. The maximum atomic E-state index is 11.8. The molecule has 17 heavy (non-hydrogen) atoms. The molecule has 0 atom stereocenters. The van der Waals surface area contributed by atoms with Crippen LogP contribution in [0.5, 0.6) is 0 Å². The van der Waals surface area contributed by atoms with E-state index < -0.39 is 11.7 Å². The summed E-state index contributed by atoms with van der Waals surface area (Å²) in [5.74, 6) is 0. The highest BCUT2D eigenvalue weighted by Crippen LogP contribution is 2.20. The minimum Gasteiger partial charge on any atom is -0.443 e. The lowest BCUT2D eigenvalue weighted by Crippen LogP contribution is -2.33. The van der Waals surface area contributed by atoms with Gasteiger partial charge in [-0.2, -0.15) is 5.26 Å². The summed E-state index contributed by atoms with van der Waals surface area (Å²) in [6.45, 7) is 11.3. The monoisotopic (exact) mass is 238 g/mol. The van der Waals surface area contributed by atoms with Crippen LogP contribution in [0.2, 0.25) is 0 Å². The highest BCUT2D eigenvalue weighted by Gasteiger charge is 2.22. The molecule has 0 saturated heterocycles. The Morgan fingerprint density at radius 1 is 1.24 bits per heavy atom. The molecule has 1 amide bonds. The summed E-state index contributed by atoms with van der Waals surface area (Å²) in [6, 6.07) is 2.01. The number of allylic oxidation sites excluding steroid dienone is 2. The van der Waals surface area contributed by atoms with Gasteiger partial charge in [-0.25, -0.2) is 4.79 Å². The molecule has 0 rings (SSSR count). The third kappa shape index (κ3) is 6.62. The van der Waals surface area contributed by atoms with Crippen LogP contribution >= 0.6 is 0 Å². The summed E-state index contributed by atoms with van der Waals surface area (Å²) < 4.78 is 5.19. The molecule has 0 radical (unpaired) electrons. The van der Waals surface area contributed by atoms with E-state index in [1.165, 1.54) is 11.9 Å². The molecular weight excluding hydrogens is 216 g/mol. The molecular formula is C13H22N2O2. The van der Waals surface area contributed by atoms with E-state index in [1.54, 1.807) is 26.8 Å². The van der Waals surface area contributed by atoms with Crippen molar-refractivity contribution in [2.24, 2.45) is 5.41 Å². The topological polar surface area (TPSA) is 53.3 Å². The van der Waals surface area contributed by atoms with Gasteiger partial charge in [0.2, 0.25) is 0 Å². The Hall–Kier alpha value is -1.50. The molecule has 0 unspecified atom stereocenters. The summed E-state index contributed by atoms with van der Waals surface area (Å²) in [5, 5.41) is 9.04. The average Bonchev–Trinajstić information content (AvgIpc) is 2.08. The number of nitrogens with zero attached hydrogens (tertiary/aromatic N) is 2. The van der Waals surface area contributed by atoms with Crippen molar-refractivity contribution in [2.45, 2.75) is 47.1 Å². The first kappa shape index (κ1) is 15.5. The quantitative estimate of drug-likeness (QED) is 0.658. The zero-order valence-electron chi connectivity index (χ0n) is 11.8. The highest BCUT2D eigenvalue weighted by atomic mass is 16.6. The number of carbonyl (C=O) groups is 1. The lowest BCUT2D eigenvalue weighted by atomic mass is 9.95. The smallest absolute Gasteiger partial charge is 0.415 e. The van der Waals surface area contributed by atoms with Crippen LogP contribution in [0, 0.1) is 16.7 Å². The fourth-order valence-electron chi connectivity index (χ4n) is 1.04. The summed E-state index contributed by atoms with van der Waals surface area (Å²) in [4.78, 5) is 13.0. The van der Waals surface area contributed by atoms with Crippen LogP contribution < -0.4 is 0 Å². The third-order valence-electron chi connectivity index (χ3n) is 1.71. The molecule has 4 nitrogen and oxygen atoms in total. The Morgan fingerprint density at radius 3 is 2.00 bits per heavy atom. The lowest BCUT2D eigenvalue weighted by Gasteiger charge is -2.25. The Bertz CT molecular complexity index is 351. The van der Waals surface area contributed by atoms with Crippen LogP contribution in [0.1, 0.15) is 41.5 Å². The molecule has 0 heterocycles. The van der Waals surface area contributed by atoms with Gasteiger partial charge < -0.3 is 4.74 Å². The molecule has 0 saturated carbocycles. The highest BCUT2D eigenvalue weighted by molar-refractivity contribution is 5.71. The maximum absolute atomic E-state index is 11.8. The first-order chi connectivity index (χ1) is 7.46. The van der Waals surface area contributed by atoms with E-state index in [-0.39, 0.29) is 5.41 Å². The number of ether oxygens (including phenoxy) is 1.